The Kier molecular flexibility index (Phi) is 2.74. The minimum absolute atomic E-state index is 0.174. The fourth-order valence-corrected chi connectivity index (χ4v) is 2.30. The van der Waals surface area contributed by atoms with Crippen LogP contribution < -0.4 is 0 Å². The Balaban J connectivity index is 2.06. The summed E-state index contributed by atoms with van der Waals surface area (Å²) in [5.74, 6) is -1.04. The largest absolute Gasteiger partial charge is 0.466 e. The van der Waals surface area contributed by atoms with E-state index in [1.54, 1.807) is 0 Å². The van der Waals surface area contributed by atoms with Crippen LogP contribution >= 0.6 is 0 Å². The molecule has 2 rings (SSSR count). The highest BCUT2D eigenvalue weighted by molar-refractivity contribution is 5.74. The Morgan fingerprint density at radius 3 is 2.86 bits per heavy atom. The highest BCUT2D eigenvalue weighted by Gasteiger charge is 2.52. The molecule has 1 spiro atoms. The van der Waals surface area contributed by atoms with Crippen molar-refractivity contribution in [2.24, 2.45) is 5.92 Å². The lowest BCUT2D eigenvalue weighted by molar-refractivity contribution is -0.198. The summed E-state index contributed by atoms with van der Waals surface area (Å²) in [7, 11) is 0. The van der Waals surface area contributed by atoms with Gasteiger partial charge in [-0.15, -0.1) is 0 Å². The number of carbonyl (C=O) groups excluding carboxylic acids is 1. The van der Waals surface area contributed by atoms with Gasteiger partial charge in [0.15, 0.2) is 5.79 Å². The highest BCUT2D eigenvalue weighted by Crippen LogP contribution is 2.42. The van der Waals surface area contributed by atoms with Crippen LogP contribution in [0.4, 0.5) is 0 Å². The molecule has 1 saturated carbocycles. The van der Waals surface area contributed by atoms with Crippen molar-refractivity contribution in [1.29, 1.82) is 0 Å². The normalized spacial score (nSPS) is 29.6. The second kappa shape index (κ2) is 3.87. The predicted molar refractivity (Wildman–Crippen MR) is 48.6 cm³/mol. The molecule has 0 unspecified atom stereocenters. The van der Waals surface area contributed by atoms with Gasteiger partial charge in [-0.2, -0.15) is 0 Å². The molecule has 0 aromatic carbocycles. The maximum absolute atomic E-state index is 11.6. The van der Waals surface area contributed by atoms with Crippen molar-refractivity contribution in [2.45, 2.75) is 32.0 Å². The molecule has 1 aliphatic heterocycles. The van der Waals surface area contributed by atoms with Crippen LogP contribution in [0.2, 0.25) is 0 Å². The second-order valence-corrected chi connectivity index (χ2v) is 3.71. The molecule has 1 heterocycles. The van der Waals surface area contributed by atoms with Crippen molar-refractivity contribution in [3.05, 3.63) is 0 Å². The third-order valence-corrected chi connectivity index (χ3v) is 2.90. The van der Waals surface area contributed by atoms with Gasteiger partial charge in [0.25, 0.3) is 0 Å². The molecule has 4 nitrogen and oxygen atoms in total. The lowest BCUT2D eigenvalue weighted by Crippen LogP contribution is -2.39. The molecule has 2 aliphatic rings. The number of rotatable bonds is 2. The van der Waals surface area contributed by atoms with Gasteiger partial charge in [0.1, 0.15) is 5.92 Å². The van der Waals surface area contributed by atoms with Crippen molar-refractivity contribution in [3.8, 4) is 0 Å². The molecule has 0 aromatic heterocycles. The molecule has 14 heavy (non-hydrogen) atoms. The maximum atomic E-state index is 11.6. The zero-order chi connectivity index (χ0) is 10.0. The molecule has 80 valence electrons. The average molecular weight is 200 g/mol. The van der Waals surface area contributed by atoms with Crippen molar-refractivity contribution >= 4 is 5.97 Å². The first-order valence-corrected chi connectivity index (χ1v) is 5.23. The third kappa shape index (κ3) is 1.53. The van der Waals surface area contributed by atoms with Gasteiger partial charge in [0, 0.05) is 6.42 Å². The van der Waals surface area contributed by atoms with Crippen LogP contribution in [-0.4, -0.2) is 31.6 Å². The van der Waals surface area contributed by atoms with E-state index in [1.807, 2.05) is 6.92 Å². The van der Waals surface area contributed by atoms with Crippen LogP contribution in [0.15, 0.2) is 0 Å². The highest BCUT2D eigenvalue weighted by atomic mass is 16.7. The molecule has 2 fully saturated rings. The first-order chi connectivity index (χ1) is 6.78. The second-order valence-electron chi connectivity index (χ2n) is 3.71. The molecule has 1 saturated heterocycles. The van der Waals surface area contributed by atoms with Gasteiger partial charge in [0.2, 0.25) is 0 Å². The van der Waals surface area contributed by atoms with Gasteiger partial charge in [-0.1, -0.05) is 0 Å². The van der Waals surface area contributed by atoms with Gasteiger partial charge in [0.05, 0.1) is 19.8 Å². The predicted octanol–water partition coefficient (Wildman–Crippen LogP) is 1.09. The summed E-state index contributed by atoms with van der Waals surface area (Å²) < 4.78 is 16.1. The first kappa shape index (κ1) is 9.93. The van der Waals surface area contributed by atoms with Crippen molar-refractivity contribution in [3.63, 3.8) is 0 Å². The van der Waals surface area contributed by atoms with E-state index < -0.39 is 5.79 Å². The molecule has 0 radical (unpaired) electrons. The minimum Gasteiger partial charge on any atom is -0.466 e. The Labute approximate surface area is 83.5 Å². The summed E-state index contributed by atoms with van der Waals surface area (Å²) in [5.41, 5.74) is 0. The van der Waals surface area contributed by atoms with E-state index in [-0.39, 0.29) is 11.9 Å². The van der Waals surface area contributed by atoms with Gasteiger partial charge >= 0.3 is 5.97 Å². The molecule has 0 bridgehead atoms. The molecular weight excluding hydrogens is 184 g/mol. The van der Waals surface area contributed by atoms with Gasteiger partial charge in [-0.05, 0) is 19.8 Å². The van der Waals surface area contributed by atoms with Gasteiger partial charge in [-0.25, -0.2) is 0 Å². The lowest BCUT2D eigenvalue weighted by Gasteiger charge is -2.27. The van der Waals surface area contributed by atoms with E-state index in [4.69, 9.17) is 14.2 Å². The van der Waals surface area contributed by atoms with Gasteiger partial charge in [-0.3, -0.25) is 4.79 Å². The lowest BCUT2D eigenvalue weighted by atomic mass is 10.0. The van der Waals surface area contributed by atoms with Crippen LogP contribution in [0.3, 0.4) is 0 Å². The molecule has 0 amide bonds. The summed E-state index contributed by atoms with van der Waals surface area (Å²) in [5, 5.41) is 0. The Bertz CT molecular complexity index is 215. The van der Waals surface area contributed by atoms with Crippen LogP contribution in [0.1, 0.15) is 26.2 Å². The fourth-order valence-electron chi connectivity index (χ4n) is 2.30. The Hall–Kier alpha value is -0.610. The van der Waals surface area contributed by atoms with Crippen molar-refractivity contribution in [1.82, 2.24) is 0 Å². The topological polar surface area (TPSA) is 44.8 Å². The fraction of sp³-hybridized carbons (Fsp3) is 0.900. The number of ether oxygens (including phenoxy) is 3. The van der Waals surface area contributed by atoms with E-state index >= 15 is 0 Å². The molecule has 1 aliphatic carbocycles. The number of hydrogen-bond donors (Lipinski definition) is 0. The summed E-state index contributed by atoms with van der Waals surface area (Å²) >= 11 is 0. The number of hydrogen-bond acceptors (Lipinski definition) is 4. The standard InChI is InChI=1S/C10H16O4/c1-2-12-9(11)8-4-3-5-10(8)13-6-7-14-10/h8H,2-7H2,1H3/t8-/m1/s1. The SMILES string of the molecule is CCOC(=O)[C@H]1CCCC12OCCO2. The summed E-state index contributed by atoms with van der Waals surface area (Å²) in [6, 6.07) is 0. The maximum Gasteiger partial charge on any atom is 0.314 e. The van der Waals surface area contributed by atoms with Crippen LogP contribution in [0.25, 0.3) is 0 Å². The van der Waals surface area contributed by atoms with Crippen LogP contribution in [0, 0.1) is 5.92 Å². The van der Waals surface area contributed by atoms with Gasteiger partial charge < -0.3 is 14.2 Å². The number of esters is 1. The molecule has 0 aromatic rings. The number of carbonyl (C=O) groups is 1. The smallest absolute Gasteiger partial charge is 0.314 e. The molecular formula is C10H16O4. The van der Waals surface area contributed by atoms with E-state index in [9.17, 15) is 4.79 Å². The van der Waals surface area contributed by atoms with E-state index in [2.05, 4.69) is 0 Å². The van der Waals surface area contributed by atoms with Crippen LogP contribution in [0.5, 0.6) is 0 Å². The van der Waals surface area contributed by atoms with E-state index in [0.29, 0.717) is 19.8 Å². The minimum atomic E-state index is -0.647. The third-order valence-electron chi connectivity index (χ3n) is 2.90. The van der Waals surface area contributed by atoms with E-state index in [0.717, 1.165) is 19.3 Å². The van der Waals surface area contributed by atoms with Crippen molar-refractivity contribution in [2.75, 3.05) is 19.8 Å². The zero-order valence-corrected chi connectivity index (χ0v) is 8.45. The average Bonchev–Trinajstić information content (AvgIpc) is 2.78. The monoisotopic (exact) mass is 200 g/mol. The quantitative estimate of drug-likeness (QED) is 0.626. The molecule has 4 heteroatoms. The Morgan fingerprint density at radius 1 is 1.50 bits per heavy atom. The summed E-state index contributed by atoms with van der Waals surface area (Å²) in [6.07, 6.45) is 2.61. The van der Waals surface area contributed by atoms with E-state index in [1.165, 1.54) is 0 Å². The molecule has 1 atom stereocenters. The summed E-state index contributed by atoms with van der Waals surface area (Å²) in [4.78, 5) is 11.6. The Morgan fingerprint density at radius 2 is 2.21 bits per heavy atom. The molecule has 0 N–H and O–H groups in total. The van der Waals surface area contributed by atoms with Crippen LogP contribution in [-0.2, 0) is 19.0 Å². The summed E-state index contributed by atoms with van der Waals surface area (Å²) in [6.45, 7) is 3.42. The first-order valence-electron chi connectivity index (χ1n) is 5.23. The zero-order valence-electron chi connectivity index (χ0n) is 8.45. The van der Waals surface area contributed by atoms with Crippen molar-refractivity contribution < 1.29 is 19.0 Å².